The van der Waals surface area contributed by atoms with Crippen LogP contribution in [0.5, 0.6) is 0 Å². The number of hydrogen-bond acceptors (Lipinski definition) is 5. The van der Waals surface area contributed by atoms with E-state index in [1.807, 2.05) is 37.4 Å². The summed E-state index contributed by atoms with van der Waals surface area (Å²) in [7, 11) is 0. The Balaban J connectivity index is 1.72. The summed E-state index contributed by atoms with van der Waals surface area (Å²) < 4.78 is 4.98. The molecular weight excluding hydrogens is 350 g/mol. The molecule has 0 radical (unpaired) electrons. The average Bonchev–Trinajstić information content (AvgIpc) is 2.66. The Labute approximate surface area is 157 Å². The summed E-state index contributed by atoms with van der Waals surface area (Å²) >= 11 is 1.59. The Bertz CT molecular complexity index is 787. The van der Waals surface area contributed by atoms with Crippen molar-refractivity contribution in [2.24, 2.45) is 0 Å². The maximum atomic E-state index is 12.0. The van der Waals surface area contributed by atoms with E-state index in [0.29, 0.717) is 11.1 Å². The SMILES string of the molecule is CSc1ccc(C(=O)COC(=O)CCNC(=O)c2ccccc2C)cc1. The number of nitrogens with one attached hydrogen (secondary N) is 1. The maximum absolute atomic E-state index is 12.0. The minimum Gasteiger partial charge on any atom is -0.457 e. The fourth-order valence-electron chi connectivity index (χ4n) is 2.28. The zero-order valence-electron chi connectivity index (χ0n) is 14.8. The van der Waals surface area contributed by atoms with Gasteiger partial charge in [-0.2, -0.15) is 0 Å². The minimum absolute atomic E-state index is 0.0102. The van der Waals surface area contributed by atoms with Gasteiger partial charge in [0.25, 0.3) is 5.91 Å². The van der Waals surface area contributed by atoms with Crippen molar-refractivity contribution < 1.29 is 19.1 Å². The number of Topliss-reactive ketones (excluding diaryl/α,β-unsaturated/α-hetero) is 1. The first-order valence-electron chi connectivity index (χ1n) is 8.18. The van der Waals surface area contributed by atoms with Crippen molar-refractivity contribution in [3.05, 3.63) is 65.2 Å². The molecule has 26 heavy (non-hydrogen) atoms. The molecule has 2 aromatic rings. The normalized spacial score (nSPS) is 10.2. The van der Waals surface area contributed by atoms with E-state index in [4.69, 9.17) is 4.74 Å². The Morgan fingerprint density at radius 1 is 1.04 bits per heavy atom. The lowest BCUT2D eigenvalue weighted by molar-refractivity contribution is -0.142. The lowest BCUT2D eigenvalue weighted by Crippen LogP contribution is -2.27. The van der Waals surface area contributed by atoms with Crippen LogP contribution in [0.4, 0.5) is 0 Å². The Kier molecular flexibility index (Phi) is 7.41. The summed E-state index contributed by atoms with van der Waals surface area (Å²) in [6.45, 7) is 1.70. The molecule has 2 rings (SSSR count). The molecule has 1 amide bonds. The van der Waals surface area contributed by atoms with E-state index in [0.717, 1.165) is 10.5 Å². The topological polar surface area (TPSA) is 72.5 Å². The monoisotopic (exact) mass is 371 g/mol. The van der Waals surface area contributed by atoms with Crippen LogP contribution in [0.15, 0.2) is 53.4 Å². The molecule has 0 saturated heterocycles. The average molecular weight is 371 g/mol. The molecule has 0 fully saturated rings. The van der Waals surface area contributed by atoms with Crippen LogP contribution in [-0.2, 0) is 9.53 Å². The van der Waals surface area contributed by atoms with Gasteiger partial charge in [0, 0.05) is 22.6 Å². The van der Waals surface area contributed by atoms with Crippen LogP contribution in [0.1, 0.15) is 32.7 Å². The lowest BCUT2D eigenvalue weighted by atomic mass is 10.1. The van der Waals surface area contributed by atoms with E-state index < -0.39 is 5.97 Å². The van der Waals surface area contributed by atoms with Gasteiger partial charge in [0.1, 0.15) is 0 Å². The Hall–Kier alpha value is -2.60. The second-order valence-electron chi connectivity index (χ2n) is 5.63. The number of esters is 1. The highest BCUT2D eigenvalue weighted by Crippen LogP contribution is 2.15. The molecule has 6 heteroatoms. The van der Waals surface area contributed by atoms with Gasteiger partial charge in [0.2, 0.25) is 0 Å². The van der Waals surface area contributed by atoms with Gasteiger partial charge >= 0.3 is 5.97 Å². The van der Waals surface area contributed by atoms with Gasteiger partial charge in [-0.1, -0.05) is 30.3 Å². The number of thioether (sulfide) groups is 1. The largest absolute Gasteiger partial charge is 0.457 e. The van der Waals surface area contributed by atoms with E-state index in [2.05, 4.69) is 5.32 Å². The van der Waals surface area contributed by atoms with Crippen molar-refractivity contribution in [1.82, 2.24) is 5.32 Å². The van der Waals surface area contributed by atoms with Gasteiger partial charge in [-0.3, -0.25) is 14.4 Å². The van der Waals surface area contributed by atoms with Gasteiger partial charge in [-0.25, -0.2) is 0 Å². The number of benzene rings is 2. The number of rotatable bonds is 8. The van der Waals surface area contributed by atoms with Crippen molar-refractivity contribution in [3.63, 3.8) is 0 Å². The van der Waals surface area contributed by atoms with E-state index in [1.54, 1.807) is 36.0 Å². The molecule has 0 unspecified atom stereocenters. The Morgan fingerprint density at radius 3 is 2.38 bits per heavy atom. The Morgan fingerprint density at radius 2 is 1.73 bits per heavy atom. The quantitative estimate of drug-likeness (QED) is 0.438. The molecule has 0 spiro atoms. The van der Waals surface area contributed by atoms with Crippen molar-refractivity contribution in [2.45, 2.75) is 18.2 Å². The van der Waals surface area contributed by atoms with Crippen LogP contribution >= 0.6 is 11.8 Å². The summed E-state index contributed by atoms with van der Waals surface area (Å²) in [6.07, 6.45) is 1.97. The standard InChI is InChI=1S/C20H21NO4S/c1-14-5-3-4-6-17(14)20(24)21-12-11-19(23)25-13-18(22)15-7-9-16(26-2)10-8-15/h3-10H,11-13H2,1-2H3,(H,21,24). The molecule has 136 valence electrons. The predicted octanol–water partition coefficient (Wildman–Crippen LogP) is 3.26. The van der Waals surface area contributed by atoms with Crippen LogP contribution in [0.2, 0.25) is 0 Å². The second kappa shape index (κ2) is 9.77. The fourth-order valence-corrected chi connectivity index (χ4v) is 2.69. The third kappa shape index (κ3) is 5.74. The van der Waals surface area contributed by atoms with Gasteiger partial charge in [-0.15, -0.1) is 11.8 Å². The first-order valence-corrected chi connectivity index (χ1v) is 9.40. The summed E-state index contributed by atoms with van der Waals surface area (Å²) in [6, 6.07) is 14.3. The molecular formula is C20H21NO4S. The number of carbonyl (C=O) groups excluding carboxylic acids is 3. The van der Waals surface area contributed by atoms with E-state index in [9.17, 15) is 14.4 Å². The van der Waals surface area contributed by atoms with Gasteiger partial charge < -0.3 is 10.1 Å². The number of hydrogen-bond donors (Lipinski definition) is 1. The molecule has 0 heterocycles. The third-order valence-electron chi connectivity index (χ3n) is 3.78. The molecule has 0 aliphatic carbocycles. The number of ether oxygens (including phenoxy) is 1. The van der Waals surface area contributed by atoms with E-state index in [-0.39, 0.29) is 31.3 Å². The zero-order chi connectivity index (χ0) is 18.9. The molecule has 0 aromatic heterocycles. The van der Waals surface area contributed by atoms with Gasteiger partial charge in [-0.05, 0) is 36.9 Å². The van der Waals surface area contributed by atoms with Crippen molar-refractivity contribution in [2.75, 3.05) is 19.4 Å². The van der Waals surface area contributed by atoms with Crippen molar-refractivity contribution in [1.29, 1.82) is 0 Å². The second-order valence-corrected chi connectivity index (χ2v) is 6.51. The fraction of sp³-hybridized carbons (Fsp3) is 0.250. The number of carbonyl (C=O) groups is 3. The summed E-state index contributed by atoms with van der Waals surface area (Å²) in [5.41, 5.74) is 1.94. The number of ketones is 1. The molecule has 0 aliphatic rings. The number of amides is 1. The van der Waals surface area contributed by atoms with Gasteiger partial charge in [0.15, 0.2) is 12.4 Å². The van der Waals surface area contributed by atoms with Gasteiger partial charge in [0.05, 0.1) is 6.42 Å². The van der Waals surface area contributed by atoms with Crippen LogP contribution in [-0.4, -0.2) is 37.1 Å². The molecule has 2 aromatic carbocycles. The van der Waals surface area contributed by atoms with Crippen LogP contribution in [0.25, 0.3) is 0 Å². The molecule has 1 N–H and O–H groups in total. The van der Waals surface area contributed by atoms with E-state index in [1.165, 1.54) is 0 Å². The third-order valence-corrected chi connectivity index (χ3v) is 4.52. The molecule has 5 nitrogen and oxygen atoms in total. The summed E-state index contributed by atoms with van der Waals surface area (Å²) in [4.78, 5) is 36.8. The van der Waals surface area contributed by atoms with Crippen molar-refractivity contribution >= 4 is 29.4 Å². The molecule has 0 aliphatic heterocycles. The molecule has 0 atom stereocenters. The van der Waals surface area contributed by atoms with Crippen LogP contribution < -0.4 is 5.32 Å². The lowest BCUT2D eigenvalue weighted by Gasteiger charge is -2.08. The smallest absolute Gasteiger partial charge is 0.308 e. The summed E-state index contributed by atoms with van der Waals surface area (Å²) in [5.74, 6) is -1.01. The first-order chi connectivity index (χ1) is 12.5. The van der Waals surface area contributed by atoms with Crippen LogP contribution in [0, 0.1) is 6.92 Å². The predicted molar refractivity (Wildman–Crippen MR) is 102 cm³/mol. The van der Waals surface area contributed by atoms with E-state index >= 15 is 0 Å². The first kappa shape index (κ1) is 19.7. The highest BCUT2D eigenvalue weighted by Gasteiger charge is 2.12. The van der Waals surface area contributed by atoms with Crippen LogP contribution in [0.3, 0.4) is 0 Å². The zero-order valence-corrected chi connectivity index (χ0v) is 15.6. The molecule has 0 bridgehead atoms. The highest BCUT2D eigenvalue weighted by atomic mass is 32.2. The van der Waals surface area contributed by atoms with Crippen molar-refractivity contribution in [3.8, 4) is 0 Å². The number of aryl methyl sites for hydroxylation is 1. The highest BCUT2D eigenvalue weighted by molar-refractivity contribution is 7.98. The minimum atomic E-state index is -0.524. The summed E-state index contributed by atoms with van der Waals surface area (Å²) in [5, 5.41) is 2.68. The maximum Gasteiger partial charge on any atom is 0.308 e. The molecule has 0 saturated carbocycles.